The minimum Gasteiger partial charge on any atom is -0.396 e. The van der Waals surface area contributed by atoms with Crippen LogP contribution >= 0.6 is 0 Å². The molecule has 0 saturated carbocycles. The predicted octanol–water partition coefficient (Wildman–Crippen LogP) is 7.12. The van der Waals surface area contributed by atoms with Crippen LogP contribution in [0.2, 0.25) is 0 Å². The van der Waals surface area contributed by atoms with Gasteiger partial charge in [0.15, 0.2) is 0 Å². The molecule has 0 aliphatic carbocycles. The zero-order chi connectivity index (χ0) is 26.8. The second-order valence-electron chi connectivity index (χ2n) is 9.85. The van der Waals surface area contributed by atoms with Gasteiger partial charge in [-0.1, -0.05) is 48.9 Å². The molecule has 0 bridgehead atoms. The molecule has 8 heteroatoms. The minimum atomic E-state index is -4.44. The number of anilines is 1. The van der Waals surface area contributed by atoms with E-state index >= 15 is 0 Å². The van der Waals surface area contributed by atoms with Gasteiger partial charge in [0.1, 0.15) is 17.1 Å². The number of nitrogens with zero attached hydrogens (tertiary/aromatic N) is 3. The van der Waals surface area contributed by atoms with Crippen LogP contribution in [0.3, 0.4) is 0 Å². The quantitative estimate of drug-likeness (QED) is 0.252. The molecule has 2 aliphatic rings. The van der Waals surface area contributed by atoms with Gasteiger partial charge < -0.3 is 10.0 Å². The van der Waals surface area contributed by atoms with Crippen molar-refractivity contribution in [3.63, 3.8) is 0 Å². The Morgan fingerprint density at radius 3 is 2.39 bits per heavy atom. The van der Waals surface area contributed by atoms with Crippen molar-refractivity contribution in [1.82, 2.24) is 0 Å². The fraction of sp³-hybridized carbons (Fsp3) is 0.333. The number of benzene rings is 3. The lowest BCUT2D eigenvalue weighted by Crippen LogP contribution is -2.43. The predicted molar refractivity (Wildman–Crippen MR) is 142 cm³/mol. The number of halogens is 4. The topological polar surface area (TPSA) is 48.2 Å². The Labute approximate surface area is 219 Å². The number of aliphatic imine (C=N–C) groups is 2. The van der Waals surface area contributed by atoms with E-state index in [9.17, 15) is 17.6 Å². The van der Waals surface area contributed by atoms with E-state index in [1.54, 1.807) is 30.3 Å². The largest absolute Gasteiger partial charge is 0.400 e. The zero-order valence-electron chi connectivity index (χ0n) is 20.9. The molecule has 0 radical (unpaired) electrons. The maximum atomic E-state index is 14.4. The van der Waals surface area contributed by atoms with Crippen LogP contribution in [0.1, 0.15) is 48.8 Å². The molecule has 198 valence electrons. The lowest BCUT2D eigenvalue weighted by molar-refractivity contribution is -0.183. The number of alkyl halides is 3. The van der Waals surface area contributed by atoms with Crippen molar-refractivity contribution in [3.05, 3.63) is 95.3 Å². The molecular weight excluding hydrogens is 494 g/mol. The first-order valence-electron chi connectivity index (χ1n) is 12.8. The maximum Gasteiger partial charge on any atom is 0.400 e. The van der Waals surface area contributed by atoms with Gasteiger partial charge in [0.25, 0.3) is 0 Å². The van der Waals surface area contributed by atoms with Crippen molar-refractivity contribution in [2.24, 2.45) is 9.98 Å². The van der Waals surface area contributed by atoms with E-state index in [1.165, 1.54) is 24.3 Å². The van der Waals surface area contributed by atoms with Gasteiger partial charge in [-0.15, -0.1) is 0 Å². The molecule has 0 saturated heterocycles. The summed E-state index contributed by atoms with van der Waals surface area (Å²) >= 11 is 0. The number of rotatable bonds is 8. The average molecular weight is 524 g/mol. The van der Waals surface area contributed by atoms with E-state index in [-0.39, 0.29) is 31.0 Å². The first kappa shape index (κ1) is 26.1. The van der Waals surface area contributed by atoms with Crippen LogP contribution < -0.4 is 4.90 Å². The normalized spacial score (nSPS) is 19.2. The third kappa shape index (κ3) is 5.10. The van der Waals surface area contributed by atoms with Gasteiger partial charge in [-0.2, -0.15) is 13.2 Å². The van der Waals surface area contributed by atoms with Gasteiger partial charge in [0, 0.05) is 30.8 Å². The Kier molecular flexibility index (Phi) is 7.34. The molecule has 3 aromatic carbocycles. The molecular formula is C30H29F4N3O. The number of unbranched alkanes of at least 4 members (excludes halogenated alkanes) is 2. The molecule has 0 amide bonds. The first-order valence-corrected chi connectivity index (χ1v) is 12.8. The van der Waals surface area contributed by atoms with Crippen LogP contribution in [-0.2, 0) is 12.0 Å². The Bertz CT molecular complexity index is 1340. The molecule has 5 rings (SSSR count). The van der Waals surface area contributed by atoms with Crippen LogP contribution in [0.25, 0.3) is 0 Å². The van der Waals surface area contributed by atoms with Gasteiger partial charge in [-0.05, 0) is 59.9 Å². The minimum absolute atomic E-state index is 0.130. The van der Waals surface area contributed by atoms with Crippen LogP contribution in [0.4, 0.5) is 28.9 Å². The van der Waals surface area contributed by atoms with Crippen LogP contribution in [0.5, 0.6) is 0 Å². The van der Waals surface area contributed by atoms with Crippen molar-refractivity contribution >= 4 is 22.9 Å². The molecule has 1 atom stereocenters. The Balaban J connectivity index is 1.45. The molecule has 0 spiro atoms. The van der Waals surface area contributed by atoms with Crippen molar-refractivity contribution in [3.8, 4) is 0 Å². The van der Waals surface area contributed by atoms with Crippen LogP contribution in [0, 0.1) is 5.82 Å². The van der Waals surface area contributed by atoms with Crippen molar-refractivity contribution < 1.29 is 22.7 Å². The monoisotopic (exact) mass is 523 g/mol. The van der Waals surface area contributed by atoms with E-state index < -0.39 is 11.6 Å². The summed E-state index contributed by atoms with van der Waals surface area (Å²) in [7, 11) is 0. The summed E-state index contributed by atoms with van der Waals surface area (Å²) in [5.41, 5.74) is 1.72. The summed E-state index contributed by atoms with van der Waals surface area (Å²) in [4.78, 5) is 11.3. The summed E-state index contributed by atoms with van der Waals surface area (Å²) in [6.45, 7) is 0.304. The number of aliphatic hydroxyl groups excluding tert-OH is 1. The van der Waals surface area contributed by atoms with E-state index in [4.69, 9.17) is 10.1 Å². The molecule has 1 N–H and O–H groups in total. The highest BCUT2D eigenvalue weighted by molar-refractivity contribution is 6.05. The SMILES string of the molecule is OCCCCCC1=Nc2cc(C3=NCC(c4ccccc4)(C(F)(F)F)C3)ccc2CN1c1ccc(F)cc1. The lowest BCUT2D eigenvalue weighted by Gasteiger charge is -2.32. The highest BCUT2D eigenvalue weighted by Crippen LogP contribution is 2.48. The van der Waals surface area contributed by atoms with Gasteiger partial charge in [-0.3, -0.25) is 4.99 Å². The fourth-order valence-corrected chi connectivity index (χ4v) is 5.19. The number of amidine groups is 1. The zero-order valence-corrected chi connectivity index (χ0v) is 20.9. The van der Waals surface area contributed by atoms with Gasteiger partial charge >= 0.3 is 6.18 Å². The van der Waals surface area contributed by atoms with E-state index in [1.807, 2.05) is 23.1 Å². The third-order valence-electron chi connectivity index (χ3n) is 7.38. The number of hydrogen-bond acceptors (Lipinski definition) is 4. The van der Waals surface area contributed by atoms with Gasteiger partial charge in [-0.25, -0.2) is 9.38 Å². The fourth-order valence-electron chi connectivity index (χ4n) is 5.19. The number of fused-ring (bicyclic) bond motifs is 1. The van der Waals surface area contributed by atoms with Crippen molar-refractivity contribution in [2.75, 3.05) is 18.1 Å². The van der Waals surface area contributed by atoms with Gasteiger partial charge in [0.2, 0.25) is 0 Å². The summed E-state index contributed by atoms with van der Waals surface area (Å²) < 4.78 is 56.7. The van der Waals surface area contributed by atoms with Crippen molar-refractivity contribution in [2.45, 2.75) is 50.2 Å². The maximum absolute atomic E-state index is 14.4. The van der Waals surface area contributed by atoms with Gasteiger partial charge in [0.05, 0.1) is 18.8 Å². The first-order chi connectivity index (χ1) is 18.3. The summed E-state index contributed by atoms with van der Waals surface area (Å²) in [6.07, 6.45) is -1.64. The van der Waals surface area contributed by atoms with E-state index in [0.29, 0.717) is 36.3 Å². The second-order valence-corrected chi connectivity index (χ2v) is 9.85. The highest BCUT2D eigenvalue weighted by Gasteiger charge is 2.58. The van der Waals surface area contributed by atoms with Crippen LogP contribution in [0.15, 0.2) is 82.8 Å². The Morgan fingerprint density at radius 1 is 0.921 bits per heavy atom. The molecule has 38 heavy (non-hydrogen) atoms. The lowest BCUT2D eigenvalue weighted by atomic mass is 9.76. The third-order valence-corrected chi connectivity index (χ3v) is 7.38. The Hall–Kier alpha value is -3.52. The molecule has 0 aromatic heterocycles. The second kappa shape index (κ2) is 10.7. The standard InChI is InChI=1S/C30H29F4N3O/c31-24-12-14-25(15-13-24)37-19-22-11-10-21(17-26(22)36-28(37)9-5-2-6-16-38)27-18-29(20-35-27,30(32,33)34)23-7-3-1-4-8-23/h1,3-4,7-8,10-15,17,38H,2,5-6,9,16,18-20H2. The summed E-state index contributed by atoms with van der Waals surface area (Å²) in [5.74, 6) is 0.487. The molecule has 1 unspecified atom stereocenters. The van der Waals surface area contributed by atoms with E-state index in [2.05, 4.69) is 4.99 Å². The van der Waals surface area contributed by atoms with Crippen LogP contribution in [-0.4, -0.2) is 36.0 Å². The summed E-state index contributed by atoms with van der Waals surface area (Å²) in [6, 6.07) is 19.8. The molecule has 4 nitrogen and oxygen atoms in total. The molecule has 3 aromatic rings. The van der Waals surface area contributed by atoms with E-state index in [0.717, 1.165) is 29.9 Å². The number of hydrogen-bond donors (Lipinski definition) is 1. The molecule has 0 fully saturated rings. The molecule has 2 aliphatic heterocycles. The number of aliphatic hydroxyl groups is 1. The smallest absolute Gasteiger partial charge is 0.396 e. The average Bonchev–Trinajstić information content (AvgIpc) is 3.39. The molecule has 2 heterocycles. The Morgan fingerprint density at radius 2 is 1.68 bits per heavy atom. The summed E-state index contributed by atoms with van der Waals surface area (Å²) in [5, 5.41) is 9.13. The van der Waals surface area contributed by atoms with Crippen molar-refractivity contribution in [1.29, 1.82) is 0 Å². The highest BCUT2D eigenvalue weighted by atomic mass is 19.4.